The van der Waals surface area contributed by atoms with Gasteiger partial charge in [-0.15, -0.1) is 0 Å². The van der Waals surface area contributed by atoms with Crippen LogP contribution in [0.3, 0.4) is 0 Å². The fraction of sp³-hybridized carbons (Fsp3) is 0.800. The SMILES string of the molecule is CCCc1ccc(CN2CC(CO)C(CN3CCCCCC3)C2)o1. The molecular formula is C20H34N2O2. The van der Waals surface area contributed by atoms with Crippen LogP contribution < -0.4 is 0 Å². The summed E-state index contributed by atoms with van der Waals surface area (Å²) in [7, 11) is 0. The highest BCUT2D eigenvalue weighted by atomic mass is 16.3. The van der Waals surface area contributed by atoms with E-state index in [-0.39, 0.29) is 0 Å². The monoisotopic (exact) mass is 334 g/mol. The third kappa shape index (κ3) is 4.84. The van der Waals surface area contributed by atoms with Crippen LogP contribution >= 0.6 is 0 Å². The van der Waals surface area contributed by atoms with E-state index in [9.17, 15) is 5.11 Å². The molecule has 2 aliphatic heterocycles. The topological polar surface area (TPSA) is 39.9 Å². The van der Waals surface area contributed by atoms with Gasteiger partial charge in [-0.2, -0.15) is 0 Å². The summed E-state index contributed by atoms with van der Waals surface area (Å²) in [6, 6.07) is 4.24. The number of hydrogen-bond acceptors (Lipinski definition) is 4. The van der Waals surface area contributed by atoms with Gasteiger partial charge in [0.15, 0.2) is 0 Å². The molecule has 136 valence electrons. The van der Waals surface area contributed by atoms with Crippen LogP contribution in [0.2, 0.25) is 0 Å². The molecule has 0 saturated carbocycles. The Balaban J connectivity index is 1.52. The van der Waals surface area contributed by atoms with Crippen LogP contribution in [-0.4, -0.2) is 54.2 Å². The molecule has 0 aromatic carbocycles. The molecule has 24 heavy (non-hydrogen) atoms. The zero-order valence-corrected chi connectivity index (χ0v) is 15.3. The number of rotatable bonds is 7. The molecule has 3 heterocycles. The largest absolute Gasteiger partial charge is 0.465 e. The van der Waals surface area contributed by atoms with Crippen LogP contribution in [0.1, 0.15) is 50.5 Å². The Morgan fingerprint density at radius 3 is 2.42 bits per heavy atom. The third-order valence-electron chi connectivity index (χ3n) is 5.67. The molecule has 2 fully saturated rings. The molecule has 2 unspecified atom stereocenters. The Bertz CT molecular complexity index is 480. The average molecular weight is 335 g/mol. The Morgan fingerprint density at radius 2 is 1.71 bits per heavy atom. The van der Waals surface area contributed by atoms with Crippen molar-refractivity contribution in [2.24, 2.45) is 11.8 Å². The van der Waals surface area contributed by atoms with Crippen LogP contribution in [0, 0.1) is 11.8 Å². The zero-order valence-electron chi connectivity index (χ0n) is 15.3. The predicted molar refractivity (Wildman–Crippen MR) is 97.0 cm³/mol. The van der Waals surface area contributed by atoms with Crippen molar-refractivity contribution in [2.45, 2.75) is 52.0 Å². The lowest BCUT2D eigenvalue weighted by Gasteiger charge is -2.26. The molecule has 0 bridgehead atoms. The number of aryl methyl sites for hydroxylation is 1. The predicted octanol–water partition coefficient (Wildman–Crippen LogP) is 3.15. The van der Waals surface area contributed by atoms with Gasteiger partial charge in [0, 0.05) is 32.7 Å². The van der Waals surface area contributed by atoms with E-state index in [1.165, 1.54) is 38.8 Å². The maximum atomic E-state index is 9.81. The first-order valence-electron chi connectivity index (χ1n) is 9.91. The molecule has 1 aromatic heterocycles. The minimum absolute atomic E-state index is 0.314. The highest BCUT2D eigenvalue weighted by Gasteiger charge is 2.33. The van der Waals surface area contributed by atoms with E-state index < -0.39 is 0 Å². The second-order valence-corrected chi connectivity index (χ2v) is 7.73. The minimum Gasteiger partial charge on any atom is -0.465 e. The second-order valence-electron chi connectivity index (χ2n) is 7.73. The molecule has 1 aromatic rings. The highest BCUT2D eigenvalue weighted by molar-refractivity contribution is 5.07. The molecule has 2 atom stereocenters. The smallest absolute Gasteiger partial charge is 0.118 e. The fourth-order valence-corrected chi connectivity index (χ4v) is 4.34. The lowest BCUT2D eigenvalue weighted by Crippen LogP contribution is -2.34. The molecule has 4 nitrogen and oxygen atoms in total. The highest BCUT2D eigenvalue weighted by Crippen LogP contribution is 2.27. The summed E-state index contributed by atoms with van der Waals surface area (Å²) < 4.78 is 5.94. The quantitative estimate of drug-likeness (QED) is 0.831. The Kier molecular flexibility index (Phi) is 6.75. The van der Waals surface area contributed by atoms with E-state index in [2.05, 4.69) is 28.9 Å². The third-order valence-corrected chi connectivity index (χ3v) is 5.67. The Labute approximate surface area is 146 Å². The van der Waals surface area contributed by atoms with Gasteiger partial charge in [0.05, 0.1) is 6.54 Å². The molecule has 2 aliphatic rings. The lowest BCUT2D eigenvalue weighted by molar-refractivity contribution is 0.165. The van der Waals surface area contributed by atoms with Crippen LogP contribution in [0.5, 0.6) is 0 Å². The van der Waals surface area contributed by atoms with Gasteiger partial charge in [0.25, 0.3) is 0 Å². The molecule has 1 N–H and O–H groups in total. The molecule has 0 amide bonds. The van der Waals surface area contributed by atoms with Crippen molar-refractivity contribution in [2.75, 3.05) is 39.3 Å². The van der Waals surface area contributed by atoms with Crippen molar-refractivity contribution in [1.82, 2.24) is 9.80 Å². The van der Waals surface area contributed by atoms with Gasteiger partial charge in [0.1, 0.15) is 11.5 Å². The van der Waals surface area contributed by atoms with Crippen molar-refractivity contribution >= 4 is 0 Å². The van der Waals surface area contributed by atoms with Crippen LogP contribution in [-0.2, 0) is 13.0 Å². The summed E-state index contributed by atoms with van der Waals surface area (Å²) in [5.74, 6) is 3.19. The molecule has 0 aliphatic carbocycles. The van der Waals surface area contributed by atoms with Gasteiger partial charge in [-0.05, 0) is 56.3 Å². The van der Waals surface area contributed by atoms with Crippen molar-refractivity contribution in [1.29, 1.82) is 0 Å². The molecule has 2 saturated heterocycles. The summed E-state index contributed by atoms with van der Waals surface area (Å²) in [5.41, 5.74) is 0. The molecule has 3 rings (SSSR count). The van der Waals surface area contributed by atoms with Gasteiger partial charge < -0.3 is 14.4 Å². The molecule has 0 radical (unpaired) electrons. The van der Waals surface area contributed by atoms with Crippen LogP contribution in [0.4, 0.5) is 0 Å². The maximum absolute atomic E-state index is 9.81. The number of furan rings is 1. The molecule has 4 heteroatoms. The van der Waals surface area contributed by atoms with Gasteiger partial charge in [-0.1, -0.05) is 19.8 Å². The summed E-state index contributed by atoms with van der Waals surface area (Å²) in [4.78, 5) is 5.11. The maximum Gasteiger partial charge on any atom is 0.118 e. The summed E-state index contributed by atoms with van der Waals surface area (Å²) in [6.45, 7) is 9.11. The first kappa shape index (κ1) is 18.0. The zero-order chi connectivity index (χ0) is 16.8. The van der Waals surface area contributed by atoms with E-state index in [1.54, 1.807) is 0 Å². The average Bonchev–Trinajstić information content (AvgIpc) is 3.08. The molecular weight excluding hydrogens is 300 g/mol. The summed E-state index contributed by atoms with van der Waals surface area (Å²) >= 11 is 0. The number of aliphatic hydroxyl groups is 1. The van der Waals surface area contributed by atoms with E-state index in [1.807, 2.05) is 0 Å². The van der Waals surface area contributed by atoms with Gasteiger partial charge >= 0.3 is 0 Å². The Hall–Kier alpha value is -0.840. The van der Waals surface area contributed by atoms with Crippen molar-refractivity contribution in [3.8, 4) is 0 Å². The first-order chi connectivity index (χ1) is 11.8. The number of aliphatic hydroxyl groups excluding tert-OH is 1. The van der Waals surface area contributed by atoms with E-state index in [0.717, 1.165) is 50.5 Å². The number of nitrogens with zero attached hydrogens (tertiary/aromatic N) is 2. The van der Waals surface area contributed by atoms with Crippen molar-refractivity contribution in [3.05, 3.63) is 23.7 Å². The Morgan fingerprint density at radius 1 is 1.00 bits per heavy atom. The normalized spacial score (nSPS) is 26.8. The number of likely N-dealkylation sites (tertiary alicyclic amines) is 2. The van der Waals surface area contributed by atoms with Crippen molar-refractivity contribution < 1.29 is 9.52 Å². The van der Waals surface area contributed by atoms with Gasteiger partial charge in [-0.25, -0.2) is 0 Å². The minimum atomic E-state index is 0.314. The summed E-state index contributed by atoms with van der Waals surface area (Å²) in [5, 5.41) is 9.81. The standard InChI is InChI=1S/C20H34N2O2/c1-2-7-19-8-9-20(24-19)15-22-13-17(18(14-22)16-23)12-21-10-5-3-4-6-11-21/h8-9,17-18,23H,2-7,10-16H2,1H3. The van der Waals surface area contributed by atoms with E-state index >= 15 is 0 Å². The van der Waals surface area contributed by atoms with Crippen LogP contribution in [0.15, 0.2) is 16.5 Å². The van der Waals surface area contributed by atoms with E-state index in [4.69, 9.17) is 4.42 Å². The number of hydrogen-bond donors (Lipinski definition) is 1. The lowest BCUT2D eigenvalue weighted by atomic mass is 9.96. The van der Waals surface area contributed by atoms with E-state index in [0.29, 0.717) is 18.4 Å². The van der Waals surface area contributed by atoms with Gasteiger partial charge in [-0.3, -0.25) is 4.90 Å². The van der Waals surface area contributed by atoms with Gasteiger partial charge in [0.2, 0.25) is 0 Å². The van der Waals surface area contributed by atoms with Crippen LogP contribution in [0.25, 0.3) is 0 Å². The molecule has 0 spiro atoms. The summed E-state index contributed by atoms with van der Waals surface area (Å²) in [6.07, 6.45) is 7.60. The first-order valence-corrected chi connectivity index (χ1v) is 9.91. The van der Waals surface area contributed by atoms with Crippen molar-refractivity contribution in [3.63, 3.8) is 0 Å². The second kappa shape index (κ2) is 9.02. The fourth-order valence-electron chi connectivity index (χ4n) is 4.34.